The number of alkyl halides is 2. The van der Waals surface area contributed by atoms with Crippen LogP contribution in [0.2, 0.25) is 0 Å². The van der Waals surface area contributed by atoms with Crippen LogP contribution in [0.1, 0.15) is 18.4 Å². The predicted molar refractivity (Wildman–Crippen MR) is 65.1 cm³/mol. The molecule has 1 aliphatic rings. The summed E-state index contributed by atoms with van der Waals surface area (Å²) in [5.41, 5.74) is 6.96. The van der Waals surface area contributed by atoms with Crippen LogP contribution in [0.15, 0.2) is 18.8 Å². The van der Waals surface area contributed by atoms with Crippen molar-refractivity contribution in [1.82, 2.24) is 4.98 Å². The van der Waals surface area contributed by atoms with Crippen LogP contribution in [0.5, 0.6) is 0 Å². The van der Waals surface area contributed by atoms with Gasteiger partial charge in [0.25, 0.3) is 5.92 Å². The fourth-order valence-corrected chi connectivity index (χ4v) is 1.95. The van der Waals surface area contributed by atoms with Crippen molar-refractivity contribution in [3.05, 3.63) is 24.4 Å². The van der Waals surface area contributed by atoms with Crippen LogP contribution in [0.4, 0.5) is 20.3 Å². The molecule has 0 spiro atoms. The first kappa shape index (κ1) is 11.8. The first-order valence-corrected chi connectivity index (χ1v) is 5.52. The summed E-state index contributed by atoms with van der Waals surface area (Å²) in [7, 11) is 0. The normalized spacial score (nSPS) is 19.1. The van der Waals surface area contributed by atoms with Gasteiger partial charge in [-0.15, -0.1) is 0 Å². The van der Waals surface area contributed by atoms with Crippen molar-refractivity contribution < 1.29 is 8.78 Å². The standard InChI is InChI=1S/C12H15F2N3/c1-2-9-7-10(15)8-16-11(9)17-5-3-12(13,14)4-6-17/h2,7-8H,1,3-6,15H2. The maximum absolute atomic E-state index is 13.1. The maximum atomic E-state index is 13.1. The topological polar surface area (TPSA) is 42.1 Å². The molecular formula is C12H15F2N3. The molecule has 0 radical (unpaired) electrons. The lowest BCUT2D eigenvalue weighted by molar-refractivity contribution is -0.0221. The zero-order valence-corrected chi connectivity index (χ0v) is 9.50. The van der Waals surface area contributed by atoms with Crippen LogP contribution in [-0.2, 0) is 0 Å². The number of pyridine rings is 1. The van der Waals surface area contributed by atoms with E-state index in [1.54, 1.807) is 12.1 Å². The summed E-state index contributed by atoms with van der Waals surface area (Å²) in [6.45, 7) is 4.31. The Kier molecular flexibility index (Phi) is 3.00. The zero-order valence-electron chi connectivity index (χ0n) is 9.50. The Balaban J connectivity index is 2.21. The molecule has 0 unspecified atom stereocenters. The number of aromatic nitrogens is 1. The average molecular weight is 239 g/mol. The number of anilines is 2. The van der Waals surface area contributed by atoms with Crippen LogP contribution >= 0.6 is 0 Å². The van der Waals surface area contributed by atoms with Crippen LogP contribution < -0.4 is 10.6 Å². The molecule has 1 aliphatic heterocycles. The van der Waals surface area contributed by atoms with Gasteiger partial charge in [0, 0.05) is 31.5 Å². The summed E-state index contributed by atoms with van der Waals surface area (Å²) < 4.78 is 26.1. The highest BCUT2D eigenvalue weighted by Crippen LogP contribution is 2.31. The van der Waals surface area contributed by atoms with Gasteiger partial charge in [-0.3, -0.25) is 0 Å². The highest BCUT2D eigenvalue weighted by molar-refractivity contribution is 5.66. The van der Waals surface area contributed by atoms with Crippen molar-refractivity contribution in [1.29, 1.82) is 0 Å². The molecule has 0 bridgehead atoms. The summed E-state index contributed by atoms with van der Waals surface area (Å²) in [5, 5.41) is 0. The monoisotopic (exact) mass is 239 g/mol. The van der Waals surface area contributed by atoms with E-state index in [1.807, 2.05) is 4.90 Å². The van der Waals surface area contributed by atoms with Crippen LogP contribution in [0.25, 0.3) is 6.08 Å². The van der Waals surface area contributed by atoms with Gasteiger partial charge in [-0.2, -0.15) is 0 Å². The third-order valence-corrected chi connectivity index (χ3v) is 2.93. The van der Waals surface area contributed by atoms with E-state index in [-0.39, 0.29) is 12.8 Å². The van der Waals surface area contributed by atoms with Crippen molar-refractivity contribution in [2.75, 3.05) is 23.7 Å². The van der Waals surface area contributed by atoms with Gasteiger partial charge in [0.05, 0.1) is 11.9 Å². The highest BCUT2D eigenvalue weighted by atomic mass is 19.3. The number of piperidine rings is 1. The number of nitrogens with two attached hydrogens (primary N) is 1. The van der Waals surface area contributed by atoms with E-state index in [1.165, 1.54) is 6.20 Å². The predicted octanol–water partition coefficient (Wildman–Crippen LogP) is 2.54. The molecule has 5 heteroatoms. The quantitative estimate of drug-likeness (QED) is 0.862. The van der Waals surface area contributed by atoms with E-state index in [4.69, 9.17) is 5.73 Å². The average Bonchev–Trinajstić information content (AvgIpc) is 2.29. The minimum atomic E-state index is -2.54. The van der Waals surface area contributed by atoms with Gasteiger partial charge in [0.2, 0.25) is 0 Å². The number of nitrogens with zero attached hydrogens (tertiary/aromatic N) is 2. The van der Waals surface area contributed by atoms with E-state index >= 15 is 0 Å². The molecule has 3 nitrogen and oxygen atoms in total. The second kappa shape index (κ2) is 4.31. The fraction of sp³-hybridized carbons (Fsp3) is 0.417. The first-order chi connectivity index (χ1) is 8.02. The fourth-order valence-electron chi connectivity index (χ4n) is 1.95. The van der Waals surface area contributed by atoms with Crippen molar-refractivity contribution in [3.63, 3.8) is 0 Å². The molecule has 1 aromatic rings. The minimum absolute atomic E-state index is 0.129. The number of hydrogen-bond acceptors (Lipinski definition) is 3. The van der Waals surface area contributed by atoms with Gasteiger partial charge in [-0.1, -0.05) is 12.7 Å². The smallest absolute Gasteiger partial charge is 0.251 e. The SMILES string of the molecule is C=Cc1cc(N)cnc1N1CCC(F)(F)CC1. The van der Waals surface area contributed by atoms with E-state index in [0.717, 1.165) is 5.56 Å². The van der Waals surface area contributed by atoms with Gasteiger partial charge in [0.1, 0.15) is 5.82 Å². The van der Waals surface area contributed by atoms with Crippen molar-refractivity contribution >= 4 is 17.6 Å². The molecule has 0 saturated carbocycles. The molecule has 1 saturated heterocycles. The van der Waals surface area contributed by atoms with Gasteiger partial charge in [-0.05, 0) is 6.07 Å². The molecule has 0 aromatic carbocycles. The second-order valence-electron chi connectivity index (χ2n) is 4.23. The summed E-state index contributed by atoms with van der Waals surface area (Å²) >= 11 is 0. The lowest BCUT2D eigenvalue weighted by Crippen LogP contribution is -2.40. The third-order valence-electron chi connectivity index (χ3n) is 2.93. The minimum Gasteiger partial charge on any atom is -0.397 e. The lowest BCUT2D eigenvalue weighted by atomic mass is 10.1. The van der Waals surface area contributed by atoms with Gasteiger partial charge in [0.15, 0.2) is 0 Å². The lowest BCUT2D eigenvalue weighted by Gasteiger charge is -2.33. The Morgan fingerprint density at radius 2 is 2.06 bits per heavy atom. The Hall–Kier alpha value is -1.65. The van der Waals surface area contributed by atoms with Gasteiger partial charge < -0.3 is 10.6 Å². The number of rotatable bonds is 2. The largest absolute Gasteiger partial charge is 0.397 e. The highest BCUT2D eigenvalue weighted by Gasteiger charge is 2.34. The van der Waals surface area contributed by atoms with E-state index < -0.39 is 5.92 Å². The van der Waals surface area contributed by atoms with E-state index in [9.17, 15) is 8.78 Å². The summed E-state index contributed by atoms with van der Waals surface area (Å²) in [4.78, 5) is 6.06. The Morgan fingerprint density at radius 1 is 1.41 bits per heavy atom. The molecule has 0 aliphatic carbocycles. The third kappa shape index (κ3) is 2.54. The van der Waals surface area contributed by atoms with Crippen LogP contribution in [-0.4, -0.2) is 24.0 Å². The van der Waals surface area contributed by atoms with Crippen LogP contribution in [0.3, 0.4) is 0 Å². The molecule has 2 rings (SSSR count). The molecule has 1 fully saturated rings. The Labute approximate surface area is 98.9 Å². The second-order valence-corrected chi connectivity index (χ2v) is 4.23. The Morgan fingerprint density at radius 3 is 2.65 bits per heavy atom. The van der Waals surface area contributed by atoms with Crippen molar-refractivity contribution in [2.24, 2.45) is 0 Å². The molecule has 17 heavy (non-hydrogen) atoms. The molecule has 2 heterocycles. The number of hydrogen-bond donors (Lipinski definition) is 1. The van der Waals surface area contributed by atoms with Crippen LogP contribution in [0, 0.1) is 0 Å². The molecule has 2 N–H and O–H groups in total. The van der Waals surface area contributed by atoms with Crippen molar-refractivity contribution in [2.45, 2.75) is 18.8 Å². The molecular weight excluding hydrogens is 224 g/mol. The Bertz CT molecular complexity index is 422. The van der Waals surface area contributed by atoms with E-state index in [2.05, 4.69) is 11.6 Å². The first-order valence-electron chi connectivity index (χ1n) is 5.52. The summed E-state index contributed by atoms with van der Waals surface area (Å²) in [6.07, 6.45) is 2.92. The maximum Gasteiger partial charge on any atom is 0.251 e. The zero-order chi connectivity index (χ0) is 12.5. The number of halogens is 2. The van der Waals surface area contributed by atoms with E-state index in [0.29, 0.717) is 24.6 Å². The molecule has 92 valence electrons. The summed E-state index contributed by atoms with van der Waals surface area (Å²) in [6, 6.07) is 1.75. The number of nitrogen functional groups attached to an aromatic ring is 1. The molecule has 1 aromatic heterocycles. The summed E-state index contributed by atoms with van der Waals surface area (Å²) in [5.74, 6) is -1.86. The van der Waals surface area contributed by atoms with Gasteiger partial charge in [-0.25, -0.2) is 13.8 Å². The molecule has 0 atom stereocenters. The van der Waals surface area contributed by atoms with Gasteiger partial charge >= 0.3 is 0 Å². The van der Waals surface area contributed by atoms with Crippen molar-refractivity contribution in [3.8, 4) is 0 Å². The molecule has 0 amide bonds.